The fourth-order valence-electron chi connectivity index (χ4n) is 5.86. The van der Waals surface area contributed by atoms with Crippen LogP contribution in [0.1, 0.15) is 71.8 Å². The molecule has 0 bridgehead atoms. The minimum Gasteiger partial charge on any atom is -0.337 e. The zero-order chi connectivity index (χ0) is 39.8. The molecule has 0 saturated carbocycles. The van der Waals surface area contributed by atoms with Gasteiger partial charge in [-0.15, -0.1) is 12.4 Å². The Balaban J connectivity index is 0.000000200. The third-order valence-electron chi connectivity index (χ3n) is 8.56. The number of pyridine rings is 2. The Bertz CT molecular complexity index is 2470. The summed E-state index contributed by atoms with van der Waals surface area (Å²) in [4.78, 5) is 19.6. The zero-order valence-corrected chi connectivity index (χ0v) is 33.2. The Morgan fingerprint density at radius 2 is 1.28 bits per heavy atom. The van der Waals surface area contributed by atoms with Gasteiger partial charge in [0.2, 0.25) is 23.4 Å². The summed E-state index contributed by atoms with van der Waals surface area (Å²) < 4.78 is 37.1. The molecular weight excluding hydrogens is 830 g/mol. The maximum atomic E-state index is 13.2. The van der Waals surface area contributed by atoms with Gasteiger partial charge in [-0.05, 0) is 92.9 Å². The molecule has 292 valence electrons. The van der Waals surface area contributed by atoms with Gasteiger partial charge in [0.1, 0.15) is 23.0 Å². The van der Waals surface area contributed by atoms with E-state index >= 15 is 0 Å². The Hall–Kier alpha value is -6.33. The van der Waals surface area contributed by atoms with E-state index in [1.54, 1.807) is 48.8 Å². The standard InChI is InChI=1S/C21H16FN5O.C19H15FN4O.C2H2BrN.ClH/c22-17-4-1-3-15(13-17)6-7-16-8-9-18(24-14-16)20-25-21(28-26-20)19-5-2-11-27(19)12-10-23;20-15-4-1-3-13(11-15)6-7-14-8-9-16(22-12-14)18-23-19(25-24-18)17-5-2-10-21-17;3-1-2-4;/h1,3-4,8-9,13-14,19H,2,5,11-12H2;1,3-4,8-9,11-12,17,21H,2,5,10H2;1H2;1H. The van der Waals surface area contributed by atoms with Gasteiger partial charge >= 0.3 is 0 Å². The molecule has 16 heteroatoms. The van der Waals surface area contributed by atoms with Crippen LogP contribution in [0.5, 0.6) is 0 Å². The number of alkyl halides is 1. The summed E-state index contributed by atoms with van der Waals surface area (Å²) in [5.41, 5.74) is 3.86. The summed E-state index contributed by atoms with van der Waals surface area (Å²) in [5.74, 6) is 13.1. The van der Waals surface area contributed by atoms with Crippen LogP contribution in [-0.2, 0) is 0 Å². The number of nitriles is 2. The van der Waals surface area contributed by atoms with Gasteiger partial charge in [-0.1, -0.05) is 62.1 Å². The van der Waals surface area contributed by atoms with Gasteiger partial charge in [-0.25, -0.2) is 8.78 Å². The van der Waals surface area contributed by atoms with Gasteiger partial charge in [0.15, 0.2) is 0 Å². The molecule has 4 aromatic heterocycles. The number of hydrogen-bond donors (Lipinski definition) is 1. The number of halogens is 4. The summed E-state index contributed by atoms with van der Waals surface area (Å²) in [6, 6.07) is 23.7. The SMILES string of the molecule is Cl.Fc1cccc(C#Cc2ccc(-c3noc(C4CCCN4)n3)nc2)c1.N#CCBr.N#CCN1CCCC1c1nc(-c2ccc(C#Cc3cccc(F)c3)cn2)no1. The van der Waals surface area contributed by atoms with E-state index in [4.69, 9.17) is 19.6 Å². The van der Waals surface area contributed by atoms with Crippen LogP contribution in [-0.4, -0.2) is 60.1 Å². The topological polar surface area (TPSA) is 166 Å². The second-order valence-corrected chi connectivity index (χ2v) is 13.1. The number of hydrogen-bond acceptors (Lipinski definition) is 12. The number of nitrogens with one attached hydrogen (secondary N) is 1. The highest BCUT2D eigenvalue weighted by Crippen LogP contribution is 2.31. The number of likely N-dealkylation sites (tertiary alicyclic amines) is 1. The third-order valence-corrected chi connectivity index (χ3v) is 8.81. The van der Waals surface area contributed by atoms with E-state index in [1.165, 1.54) is 24.3 Å². The fourth-order valence-corrected chi connectivity index (χ4v) is 5.86. The first-order valence-corrected chi connectivity index (χ1v) is 19.0. The first-order valence-electron chi connectivity index (χ1n) is 17.8. The molecule has 58 heavy (non-hydrogen) atoms. The average Bonchev–Trinajstić information content (AvgIpc) is 4.09. The Morgan fingerprint density at radius 3 is 1.76 bits per heavy atom. The van der Waals surface area contributed by atoms with E-state index in [1.807, 2.05) is 23.1 Å². The van der Waals surface area contributed by atoms with E-state index in [2.05, 4.69) is 81.2 Å². The van der Waals surface area contributed by atoms with Crippen molar-refractivity contribution in [2.75, 3.05) is 25.0 Å². The minimum atomic E-state index is -0.316. The van der Waals surface area contributed by atoms with Gasteiger partial charge < -0.3 is 14.4 Å². The predicted molar refractivity (Wildman–Crippen MR) is 216 cm³/mol. The average molecular weight is 864 g/mol. The molecule has 6 aromatic rings. The zero-order valence-electron chi connectivity index (χ0n) is 30.8. The second kappa shape index (κ2) is 21.8. The van der Waals surface area contributed by atoms with Gasteiger partial charge in [0.25, 0.3) is 0 Å². The first-order chi connectivity index (χ1) is 27.9. The van der Waals surface area contributed by atoms with Crippen LogP contribution in [0.3, 0.4) is 0 Å². The Labute approximate surface area is 348 Å². The molecule has 8 rings (SSSR count). The summed E-state index contributed by atoms with van der Waals surface area (Å²) in [6.45, 7) is 2.17. The van der Waals surface area contributed by atoms with E-state index in [0.29, 0.717) is 63.4 Å². The van der Waals surface area contributed by atoms with Crippen molar-refractivity contribution in [1.82, 2.24) is 40.5 Å². The highest BCUT2D eigenvalue weighted by Gasteiger charge is 2.30. The van der Waals surface area contributed by atoms with Crippen LogP contribution in [0.15, 0.2) is 94.2 Å². The minimum absolute atomic E-state index is 0. The highest BCUT2D eigenvalue weighted by atomic mass is 79.9. The summed E-state index contributed by atoms with van der Waals surface area (Å²) in [6.07, 6.45) is 7.27. The predicted octanol–water partition coefficient (Wildman–Crippen LogP) is 7.75. The van der Waals surface area contributed by atoms with Crippen molar-refractivity contribution in [3.05, 3.63) is 131 Å². The third kappa shape index (κ3) is 12.1. The van der Waals surface area contributed by atoms with Crippen molar-refractivity contribution < 1.29 is 17.8 Å². The molecule has 0 amide bonds. The van der Waals surface area contributed by atoms with Crippen molar-refractivity contribution >= 4 is 28.3 Å². The normalized spacial score (nSPS) is 15.3. The molecule has 2 aromatic carbocycles. The molecule has 12 nitrogen and oxygen atoms in total. The van der Waals surface area contributed by atoms with Gasteiger partial charge in [0, 0.05) is 41.2 Å². The fraction of sp³-hybridized carbons (Fsp3) is 0.238. The van der Waals surface area contributed by atoms with Crippen molar-refractivity contribution in [3.63, 3.8) is 0 Å². The highest BCUT2D eigenvalue weighted by molar-refractivity contribution is 9.09. The number of benzene rings is 2. The monoisotopic (exact) mass is 862 g/mol. The molecule has 0 aliphatic carbocycles. The van der Waals surface area contributed by atoms with Gasteiger partial charge in [-0.3, -0.25) is 14.9 Å². The van der Waals surface area contributed by atoms with Crippen molar-refractivity contribution in [1.29, 1.82) is 10.5 Å². The molecule has 2 saturated heterocycles. The van der Waals surface area contributed by atoms with Crippen LogP contribution in [0.2, 0.25) is 0 Å². The van der Waals surface area contributed by atoms with Crippen LogP contribution in [0.25, 0.3) is 23.0 Å². The van der Waals surface area contributed by atoms with E-state index in [9.17, 15) is 8.78 Å². The maximum absolute atomic E-state index is 13.2. The maximum Gasteiger partial charge on any atom is 0.244 e. The number of nitrogens with zero attached hydrogens (tertiary/aromatic N) is 9. The molecule has 2 unspecified atom stereocenters. The lowest BCUT2D eigenvalue weighted by Gasteiger charge is -2.17. The smallest absolute Gasteiger partial charge is 0.244 e. The lowest BCUT2D eigenvalue weighted by molar-refractivity contribution is 0.228. The van der Waals surface area contributed by atoms with Crippen LogP contribution < -0.4 is 5.32 Å². The number of rotatable bonds is 5. The first kappa shape index (κ1) is 42.8. The van der Waals surface area contributed by atoms with Crippen LogP contribution >= 0.6 is 28.3 Å². The second-order valence-electron chi connectivity index (χ2n) is 12.5. The van der Waals surface area contributed by atoms with Crippen molar-refractivity contribution in [2.24, 2.45) is 0 Å². The largest absolute Gasteiger partial charge is 0.337 e. The molecule has 0 radical (unpaired) electrons. The summed E-state index contributed by atoms with van der Waals surface area (Å²) in [5, 5.41) is 28.3. The number of aromatic nitrogens is 6. The molecular formula is C42H34BrClF2N10O2. The van der Waals surface area contributed by atoms with Gasteiger partial charge in [0.05, 0.1) is 36.1 Å². The van der Waals surface area contributed by atoms with Crippen LogP contribution in [0.4, 0.5) is 8.78 Å². The molecule has 0 spiro atoms. The van der Waals surface area contributed by atoms with Crippen molar-refractivity contribution in [3.8, 4) is 58.9 Å². The molecule has 2 aliphatic rings. The van der Waals surface area contributed by atoms with E-state index in [-0.39, 0.29) is 36.1 Å². The molecule has 2 atom stereocenters. The molecule has 6 heterocycles. The van der Waals surface area contributed by atoms with Crippen molar-refractivity contribution in [2.45, 2.75) is 37.8 Å². The molecule has 2 fully saturated rings. The molecule has 1 N–H and O–H groups in total. The van der Waals surface area contributed by atoms with E-state index < -0.39 is 0 Å². The van der Waals surface area contributed by atoms with Crippen LogP contribution in [0, 0.1) is 58.0 Å². The Kier molecular flexibility index (Phi) is 16.1. The van der Waals surface area contributed by atoms with Gasteiger partial charge in [-0.2, -0.15) is 20.5 Å². The quantitative estimate of drug-likeness (QED) is 0.102. The lowest BCUT2D eigenvalue weighted by Crippen LogP contribution is -2.23. The molecule has 2 aliphatic heterocycles. The summed E-state index contributed by atoms with van der Waals surface area (Å²) >= 11 is 2.89. The van der Waals surface area contributed by atoms with E-state index in [0.717, 1.165) is 44.3 Å². The Morgan fingerprint density at radius 1 is 0.724 bits per heavy atom. The summed E-state index contributed by atoms with van der Waals surface area (Å²) in [7, 11) is 0. The lowest BCUT2D eigenvalue weighted by atomic mass is 10.2.